The van der Waals surface area contributed by atoms with Gasteiger partial charge in [0.2, 0.25) is 0 Å². The van der Waals surface area contributed by atoms with E-state index in [1.54, 1.807) is 0 Å². The number of aliphatic hydroxyl groups is 1. The van der Waals surface area contributed by atoms with Gasteiger partial charge in [-0.15, -0.1) is 0 Å². The summed E-state index contributed by atoms with van der Waals surface area (Å²) in [5, 5.41) is 13.9. The van der Waals surface area contributed by atoms with Gasteiger partial charge in [-0.05, 0) is 37.2 Å². The highest BCUT2D eigenvalue weighted by molar-refractivity contribution is 5.14. The first-order chi connectivity index (χ1) is 8.72. The second kappa shape index (κ2) is 6.35. The molecule has 18 heavy (non-hydrogen) atoms. The molecule has 0 amide bonds. The van der Waals surface area contributed by atoms with Crippen LogP contribution in [0.4, 0.5) is 0 Å². The topological polar surface area (TPSA) is 32.3 Å². The van der Waals surface area contributed by atoms with Crippen molar-refractivity contribution in [2.45, 2.75) is 51.2 Å². The van der Waals surface area contributed by atoms with Gasteiger partial charge in [0.05, 0.1) is 5.60 Å². The van der Waals surface area contributed by atoms with Gasteiger partial charge in [0, 0.05) is 13.1 Å². The fraction of sp³-hybridized carbons (Fsp3) is 0.625. The predicted molar refractivity (Wildman–Crippen MR) is 75.3 cm³/mol. The molecule has 0 unspecified atom stereocenters. The maximum Gasteiger partial charge on any atom is 0.0771 e. The van der Waals surface area contributed by atoms with Crippen LogP contribution in [0.1, 0.15) is 44.6 Å². The number of hydrogen-bond donors (Lipinski definition) is 2. The van der Waals surface area contributed by atoms with Gasteiger partial charge >= 0.3 is 0 Å². The summed E-state index contributed by atoms with van der Waals surface area (Å²) < 4.78 is 0. The van der Waals surface area contributed by atoms with Gasteiger partial charge in [-0.25, -0.2) is 0 Å². The molecule has 1 aliphatic carbocycles. The molecular weight excluding hydrogens is 222 g/mol. The van der Waals surface area contributed by atoms with Crippen molar-refractivity contribution in [2.75, 3.05) is 6.54 Å². The Labute approximate surface area is 110 Å². The van der Waals surface area contributed by atoms with Crippen molar-refractivity contribution >= 4 is 0 Å². The highest BCUT2D eigenvalue weighted by Gasteiger charge is 2.31. The van der Waals surface area contributed by atoms with Crippen molar-refractivity contribution in [2.24, 2.45) is 5.92 Å². The molecule has 0 spiro atoms. The minimum atomic E-state index is -0.472. The zero-order chi connectivity index (χ0) is 12.8. The summed E-state index contributed by atoms with van der Waals surface area (Å²) in [6, 6.07) is 10.4. The Morgan fingerprint density at radius 1 is 1.22 bits per heavy atom. The maximum atomic E-state index is 10.5. The van der Waals surface area contributed by atoms with E-state index in [4.69, 9.17) is 0 Å². The van der Waals surface area contributed by atoms with Crippen LogP contribution in [-0.2, 0) is 6.54 Å². The van der Waals surface area contributed by atoms with E-state index in [-0.39, 0.29) is 0 Å². The first-order valence-corrected chi connectivity index (χ1v) is 7.19. The minimum Gasteiger partial charge on any atom is -0.389 e. The highest BCUT2D eigenvalue weighted by atomic mass is 16.3. The lowest BCUT2D eigenvalue weighted by atomic mass is 9.78. The zero-order valence-corrected chi connectivity index (χ0v) is 11.4. The van der Waals surface area contributed by atoms with Crippen molar-refractivity contribution in [3.05, 3.63) is 35.9 Å². The Balaban J connectivity index is 1.73. The van der Waals surface area contributed by atoms with E-state index in [1.807, 2.05) is 6.07 Å². The molecule has 100 valence electrons. The van der Waals surface area contributed by atoms with Crippen LogP contribution in [0.5, 0.6) is 0 Å². The van der Waals surface area contributed by atoms with Gasteiger partial charge < -0.3 is 10.4 Å². The van der Waals surface area contributed by atoms with Crippen LogP contribution in [0.15, 0.2) is 30.3 Å². The SMILES string of the molecule is CCC1CCC(O)(CNCc2ccccc2)CC1. The Kier molecular flexibility index (Phi) is 4.79. The summed E-state index contributed by atoms with van der Waals surface area (Å²) in [4.78, 5) is 0. The van der Waals surface area contributed by atoms with E-state index in [9.17, 15) is 5.11 Å². The molecule has 2 rings (SSSR count). The van der Waals surface area contributed by atoms with Gasteiger partial charge in [0.25, 0.3) is 0 Å². The average molecular weight is 247 g/mol. The number of rotatable bonds is 5. The van der Waals surface area contributed by atoms with E-state index in [1.165, 1.54) is 24.8 Å². The summed E-state index contributed by atoms with van der Waals surface area (Å²) >= 11 is 0. The van der Waals surface area contributed by atoms with Crippen LogP contribution in [0.25, 0.3) is 0 Å². The Morgan fingerprint density at radius 2 is 1.89 bits per heavy atom. The summed E-state index contributed by atoms with van der Waals surface area (Å²) in [7, 11) is 0. The normalized spacial score (nSPS) is 28.2. The fourth-order valence-electron chi connectivity index (χ4n) is 2.84. The number of nitrogens with one attached hydrogen (secondary N) is 1. The molecule has 0 radical (unpaired) electrons. The van der Waals surface area contributed by atoms with Gasteiger partial charge in [-0.3, -0.25) is 0 Å². The van der Waals surface area contributed by atoms with Crippen molar-refractivity contribution in [3.63, 3.8) is 0 Å². The molecule has 2 N–H and O–H groups in total. The number of benzene rings is 1. The summed E-state index contributed by atoms with van der Waals surface area (Å²) in [5.74, 6) is 0.833. The molecule has 2 nitrogen and oxygen atoms in total. The Hall–Kier alpha value is -0.860. The van der Waals surface area contributed by atoms with Crippen LogP contribution in [0.2, 0.25) is 0 Å². The summed E-state index contributed by atoms with van der Waals surface area (Å²) in [6.07, 6.45) is 5.52. The molecule has 0 aromatic heterocycles. The van der Waals surface area contributed by atoms with Gasteiger partial charge in [-0.1, -0.05) is 43.7 Å². The second-order valence-corrected chi connectivity index (χ2v) is 5.67. The van der Waals surface area contributed by atoms with Gasteiger partial charge in [0.1, 0.15) is 0 Å². The van der Waals surface area contributed by atoms with E-state index in [0.29, 0.717) is 0 Å². The lowest BCUT2D eigenvalue weighted by Gasteiger charge is -2.36. The standard InChI is InChI=1S/C16H25NO/c1-2-14-8-10-16(18,11-9-14)13-17-12-15-6-4-3-5-7-15/h3-7,14,17-18H,2,8-13H2,1H3. The molecule has 0 aliphatic heterocycles. The third kappa shape index (κ3) is 3.82. The Morgan fingerprint density at radius 3 is 2.50 bits per heavy atom. The van der Waals surface area contributed by atoms with Crippen molar-refractivity contribution in [1.82, 2.24) is 5.32 Å². The molecule has 1 fully saturated rings. The summed E-state index contributed by atoms with van der Waals surface area (Å²) in [6.45, 7) is 3.82. The molecule has 0 heterocycles. The largest absolute Gasteiger partial charge is 0.389 e. The predicted octanol–water partition coefficient (Wildman–Crippen LogP) is 3.11. The molecule has 0 saturated heterocycles. The lowest BCUT2D eigenvalue weighted by molar-refractivity contribution is -0.00881. The van der Waals surface area contributed by atoms with Crippen LogP contribution in [0, 0.1) is 5.92 Å². The van der Waals surface area contributed by atoms with Crippen LogP contribution in [-0.4, -0.2) is 17.3 Å². The first kappa shape index (κ1) is 13.6. The summed E-state index contributed by atoms with van der Waals surface area (Å²) in [5.41, 5.74) is 0.809. The minimum absolute atomic E-state index is 0.472. The average Bonchev–Trinajstić information content (AvgIpc) is 2.41. The maximum absolute atomic E-state index is 10.5. The molecule has 1 aromatic carbocycles. The van der Waals surface area contributed by atoms with Crippen molar-refractivity contribution < 1.29 is 5.11 Å². The molecule has 2 heteroatoms. The molecule has 1 saturated carbocycles. The quantitative estimate of drug-likeness (QED) is 0.838. The van der Waals surface area contributed by atoms with Crippen LogP contribution >= 0.6 is 0 Å². The smallest absolute Gasteiger partial charge is 0.0771 e. The van der Waals surface area contributed by atoms with Crippen molar-refractivity contribution in [3.8, 4) is 0 Å². The first-order valence-electron chi connectivity index (χ1n) is 7.19. The molecule has 1 aliphatic rings. The zero-order valence-electron chi connectivity index (χ0n) is 11.4. The molecule has 1 aromatic rings. The number of hydrogen-bond acceptors (Lipinski definition) is 2. The van der Waals surface area contributed by atoms with Crippen LogP contribution in [0.3, 0.4) is 0 Å². The second-order valence-electron chi connectivity index (χ2n) is 5.67. The molecule has 0 bridgehead atoms. The van der Waals surface area contributed by atoms with E-state index >= 15 is 0 Å². The third-order valence-corrected chi connectivity index (χ3v) is 4.24. The Bertz CT molecular complexity index is 341. The van der Waals surface area contributed by atoms with Gasteiger partial charge in [-0.2, -0.15) is 0 Å². The lowest BCUT2D eigenvalue weighted by Crippen LogP contribution is -2.43. The van der Waals surface area contributed by atoms with Crippen LogP contribution < -0.4 is 5.32 Å². The van der Waals surface area contributed by atoms with E-state index in [2.05, 4.69) is 36.5 Å². The molecular formula is C16H25NO. The highest BCUT2D eigenvalue weighted by Crippen LogP contribution is 2.33. The fourth-order valence-corrected chi connectivity index (χ4v) is 2.84. The van der Waals surface area contributed by atoms with Crippen molar-refractivity contribution in [1.29, 1.82) is 0 Å². The van der Waals surface area contributed by atoms with E-state index in [0.717, 1.165) is 31.8 Å². The van der Waals surface area contributed by atoms with E-state index < -0.39 is 5.60 Å². The van der Waals surface area contributed by atoms with Gasteiger partial charge in [0.15, 0.2) is 0 Å². The molecule has 0 atom stereocenters. The monoisotopic (exact) mass is 247 g/mol. The third-order valence-electron chi connectivity index (χ3n) is 4.24.